The van der Waals surface area contributed by atoms with E-state index in [4.69, 9.17) is 11.5 Å². The maximum atomic E-state index is 11.2. The Kier molecular flexibility index (Phi) is 2.22. The summed E-state index contributed by atoms with van der Waals surface area (Å²) in [5.41, 5.74) is 11.2. The fourth-order valence-corrected chi connectivity index (χ4v) is 1.39. The Morgan fingerprint density at radius 3 is 2.69 bits per heavy atom. The fourth-order valence-electron chi connectivity index (χ4n) is 1.39. The van der Waals surface area contributed by atoms with Gasteiger partial charge in [0.1, 0.15) is 5.69 Å². The molecule has 1 amide bonds. The Hall–Kier alpha value is -2.18. The molecule has 0 aliphatic carbocycles. The highest BCUT2D eigenvalue weighted by atomic mass is 16.1. The van der Waals surface area contributed by atoms with E-state index in [9.17, 15) is 4.79 Å². The van der Waals surface area contributed by atoms with Gasteiger partial charge in [-0.25, -0.2) is 4.98 Å². The van der Waals surface area contributed by atoms with Crippen LogP contribution < -0.4 is 11.5 Å². The average Bonchev–Trinajstić information content (AvgIpc) is 2.59. The molecule has 0 aliphatic heterocycles. The average molecular weight is 220 g/mol. The summed E-state index contributed by atoms with van der Waals surface area (Å²) in [6.45, 7) is 3.93. The van der Waals surface area contributed by atoms with Crippen LogP contribution >= 0.6 is 0 Å². The molecule has 7 heteroatoms. The summed E-state index contributed by atoms with van der Waals surface area (Å²) in [6, 6.07) is 0.163. The summed E-state index contributed by atoms with van der Waals surface area (Å²) in [4.78, 5) is 18.9. The molecule has 0 atom stereocenters. The molecule has 0 unspecified atom stereocenters. The van der Waals surface area contributed by atoms with E-state index < -0.39 is 5.91 Å². The third kappa shape index (κ3) is 1.56. The van der Waals surface area contributed by atoms with E-state index in [1.165, 1.54) is 0 Å². The molecule has 2 rings (SSSR count). The molecule has 7 nitrogen and oxygen atoms in total. The van der Waals surface area contributed by atoms with Gasteiger partial charge in [0.15, 0.2) is 5.65 Å². The number of amides is 1. The van der Waals surface area contributed by atoms with Crippen molar-refractivity contribution < 1.29 is 4.79 Å². The Morgan fingerprint density at radius 2 is 2.12 bits per heavy atom. The number of nitrogen functional groups attached to an aromatic ring is 1. The number of anilines is 1. The van der Waals surface area contributed by atoms with Gasteiger partial charge in [-0.1, -0.05) is 0 Å². The number of hydrogen-bond acceptors (Lipinski definition) is 5. The van der Waals surface area contributed by atoms with Crippen molar-refractivity contribution in [1.29, 1.82) is 0 Å². The zero-order valence-electron chi connectivity index (χ0n) is 9.01. The van der Waals surface area contributed by atoms with Crippen LogP contribution in [-0.2, 0) is 0 Å². The molecule has 16 heavy (non-hydrogen) atoms. The topological polar surface area (TPSA) is 113 Å². The van der Waals surface area contributed by atoms with E-state index in [0.29, 0.717) is 11.0 Å². The van der Waals surface area contributed by atoms with Gasteiger partial charge in [0.25, 0.3) is 5.91 Å². The molecule has 0 saturated heterocycles. The molecule has 0 radical (unpaired) electrons. The third-order valence-corrected chi connectivity index (χ3v) is 2.18. The van der Waals surface area contributed by atoms with Gasteiger partial charge < -0.3 is 11.5 Å². The summed E-state index contributed by atoms with van der Waals surface area (Å²) in [7, 11) is 0. The van der Waals surface area contributed by atoms with E-state index in [1.54, 1.807) is 10.9 Å². The van der Waals surface area contributed by atoms with Crippen molar-refractivity contribution in [2.45, 2.75) is 19.9 Å². The summed E-state index contributed by atoms with van der Waals surface area (Å²) in [6.07, 6.45) is 1.69. The lowest BCUT2D eigenvalue weighted by Gasteiger charge is -2.01. The van der Waals surface area contributed by atoms with E-state index in [2.05, 4.69) is 15.1 Å². The van der Waals surface area contributed by atoms with Crippen LogP contribution in [0.4, 0.5) is 5.95 Å². The molecule has 84 valence electrons. The second-order valence-corrected chi connectivity index (χ2v) is 3.73. The van der Waals surface area contributed by atoms with Crippen LogP contribution in [-0.4, -0.2) is 25.7 Å². The lowest BCUT2D eigenvalue weighted by atomic mass is 10.3. The Bertz CT molecular complexity index is 558. The first-order chi connectivity index (χ1) is 7.49. The zero-order valence-corrected chi connectivity index (χ0v) is 9.01. The lowest BCUT2D eigenvalue weighted by molar-refractivity contribution is 0.0997. The molecule has 2 aromatic rings. The second-order valence-electron chi connectivity index (χ2n) is 3.73. The molecule has 0 fully saturated rings. The molecular weight excluding hydrogens is 208 g/mol. The normalized spacial score (nSPS) is 11.2. The molecule has 0 saturated carbocycles. The number of carbonyl (C=O) groups excluding carboxylic acids is 1. The van der Waals surface area contributed by atoms with Crippen LogP contribution in [0.5, 0.6) is 0 Å². The van der Waals surface area contributed by atoms with Crippen molar-refractivity contribution in [3.05, 3.63) is 11.9 Å². The number of rotatable bonds is 2. The number of nitrogens with zero attached hydrogens (tertiary/aromatic N) is 4. The van der Waals surface area contributed by atoms with E-state index >= 15 is 0 Å². The van der Waals surface area contributed by atoms with Crippen LogP contribution in [0.3, 0.4) is 0 Å². The quantitative estimate of drug-likeness (QED) is 0.744. The maximum Gasteiger partial charge on any atom is 0.268 e. The Labute approximate surface area is 91.5 Å². The van der Waals surface area contributed by atoms with Gasteiger partial charge in [-0.2, -0.15) is 10.1 Å². The minimum absolute atomic E-state index is 0.00435. The summed E-state index contributed by atoms with van der Waals surface area (Å²) in [5, 5.41) is 4.72. The molecule has 0 aromatic carbocycles. The number of nitrogens with two attached hydrogens (primary N) is 2. The Morgan fingerprint density at radius 1 is 1.44 bits per heavy atom. The number of primary amides is 1. The lowest BCUT2D eigenvalue weighted by Crippen LogP contribution is -2.15. The third-order valence-electron chi connectivity index (χ3n) is 2.18. The molecule has 0 bridgehead atoms. The molecule has 2 aromatic heterocycles. The number of aromatic nitrogens is 4. The predicted octanol–water partition coefficient (Wildman–Crippen LogP) is 0.0883. The molecular formula is C9H12N6O. The smallest absolute Gasteiger partial charge is 0.268 e. The molecule has 2 heterocycles. The standard InChI is InChI=1S/C9H12N6O/c1-4(2)15-3-5-6(7(10)16)12-9(11)13-8(5)14-15/h3-4H,1-2H3,(H2,10,16)(H2,11,13,14). The Balaban J connectivity index is 2.75. The van der Waals surface area contributed by atoms with Crippen LogP contribution in [0.15, 0.2) is 6.20 Å². The minimum Gasteiger partial charge on any atom is -0.368 e. The van der Waals surface area contributed by atoms with Crippen molar-refractivity contribution in [3.8, 4) is 0 Å². The SMILES string of the molecule is CC(C)n1cc2c(C(N)=O)nc(N)nc2n1. The molecule has 0 spiro atoms. The zero-order chi connectivity index (χ0) is 11.9. The largest absolute Gasteiger partial charge is 0.368 e. The highest BCUT2D eigenvalue weighted by Gasteiger charge is 2.15. The van der Waals surface area contributed by atoms with Gasteiger partial charge >= 0.3 is 0 Å². The van der Waals surface area contributed by atoms with Crippen molar-refractivity contribution in [3.63, 3.8) is 0 Å². The van der Waals surface area contributed by atoms with Crippen molar-refractivity contribution >= 4 is 22.9 Å². The number of carbonyl (C=O) groups is 1. The van der Waals surface area contributed by atoms with E-state index in [-0.39, 0.29) is 17.7 Å². The maximum absolute atomic E-state index is 11.2. The van der Waals surface area contributed by atoms with Crippen molar-refractivity contribution in [2.75, 3.05) is 5.73 Å². The first-order valence-electron chi connectivity index (χ1n) is 4.81. The van der Waals surface area contributed by atoms with Crippen molar-refractivity contribution in [1.82, 2.24) is 19.7 Å². The molecule has 0 aliphatic rings. The highest BCUT2D eigenvalue weighted by molar-refractivity contribution is 6.02. The van der Waals surface area contributed by atoms with Crippen LogP contribution in [0, 0.1) is 0 Å². The van der Waals surface area contributed by atoms with Gasteiger partial charge in [0.05, 0.1) is 5.39 Å². The van der Waals surface area contributed by atoms with Gasteiger partial charge in [0, 0.05) is 12.2 Å². The monoisotopic (exact) mass is 220 g/mol. The second kappa shape index (κ2) is 3.44. The minimum atomic E-state index is -0.637. The number of fused-ring (bicyclic) bond motifs is 1. The van der Waals surface area contributed by atoms with Gasteiger partial charge in [-0.05, 0) is 13.8 Å². The van der Waals surface area contributed by atoms with E-state index in [0.717, 1.165) is 0 Å². The summed E-state index contributed by atoms with van der Waals surface area (Å²) >= 11 is 0. The summed E-state index contributed by atoms with van der Waals surface area (Å²) < 4.78 is 1.69. The van der Waals surface area contributed by atoms with Crippen LogP contribution in [0.1, 0.15) is 30.4 Å². The van der Waals surface area contributed by atoms with Crippen LogP contribution in [0.25, 0.3) is 11.0 Å². The molecule has 4 N–H and O–H groups in total. The first-order valence-corrected chi connectivity index (χ1v) is 4.81. The van der Waals surface area contributed by atoms with E-state index in [1.807, 2.05) is 13.8 Å². The van der Waals surface area contributed by atoms with Crippen molar-refractivity contribution in [2.24, 2.45) is 5.73 Å². The first kappa shape index (κ1) is 10.3. The van der Waals surface area contributed by atoms with Crippen LogP contribution in [0.2, 0.25) is 0 Å². The van der Waals surface area contributed by atoms with Gasteiger partial charge in [-0.3, -0.25) is 9.48 Å². The fraction of sp³-hybridized carbons (Fsp3) is 0.333. The summed E-state index contributed by atoms with van der Waals surface area (Å²) in [5.74, 6) is -0.641. The predicted molar refractivity (Wildman–Crippen MR) is 58.6 cm³/mol. The number of hydrogen-bond donors (Lipinski definition) is 2. The highest BCUT2D eigenvalue weighted by Crippen LogP contribution is 2.17. The van der Waals surface area contributed by atoms with Gasteiger partial charge in [0.2, 0.25) is 5.95 Å². The van der Waals surface area contributed by atoms with Gasteiger partial charge in [-0.15, -0.1) is 0 Å².